The summed E-state index contributed by atoms with van der Waals surface area (Å²) in [6.45, 7) is 4.62. The van der Waals surface area contributed by atoms with Gasteiger partial charge >= 0.3 is 6.03 Å². The van der Waals surface area contributed by atoms with Gasteiger partial charge in [0.15, 0.2) is 0 Å². The predicted octanol–water partition coefficient (Wildman–Crippen LogP) is 4.16. The van der Waals surface area contributed by atoms with Gasteiger partial charge in [-0.1, -0.05) is 38.1 Å². The number of thiophene rings is 1. The number of amides is 3. The average molecular weight is 354 g/mol. The van der Waals surface area contributed by atoms with Crippen LogP contribution in [0.5, 0.6) is 0 Å². The normalized spacial score (nSPS) is 22.6. The molecule has 1 aliphatic carbocycles. The zero-order valence-corrected chi connectivity index (χ0v) is 15.4. The summed E-state index contributed by atoms with van der Waals surface area (Å²) in [4.78, 5) is 28.3. The molecule has 2 heterocycles. The number of nitrogens with one attached hydrogen (secondary N) is 1. The lowest BCUT2D eigenvalue weighted by Crippen LogP contribution is -2.46. The third kappa shape index (κ3) is 2.58. The topological polar surface area (TPSA) is 49.4 Å². The van der Waals surface area contributed by atoms with E-state index in [-0.39, 0.29) is 11.9 Å². The largest absolute Gasteiger partial charge is 0.325 e. The predicted molar refractivity (Wildman–Crippen MR) is 98.5 cm³/mol. The summed E-state index contributed by atoms with van der Waals surface area (Å²) in [6, 6.07) is 9.89. The van der Waals surface area contributed by atoms with Crippen LogP contribution in [0.1, 0.15) is 54.2 Å². The van der Waals surface area contributed by atoms with Gasteiger partial charge < -0.3 is 5.32 Å². The van der Waals surface area contributed by atoms with Crippen LogP contribution in [0.4, 0.5) is 4.79 Å². The van der Waals surface area contributed by atoms with E-state index in [0.29, 0.717) is 18.9 Å². The highest BCUT2D eigenvalue weighted by atomic mass is 32.1. The van der Waals surface area contributed by atoms with Gasteiger partial charge in [0.1, 0.15) is 5.54 Å². The van der Waals surface area contributed by atoms with Crippen LogP contribution < -0.4 is 5.32 Å². The number of imide groups is 1. The Morgan fingerprint density at radius 3 is 2.68 bits per heavy atom. The number of benzene rings is 1. The van der Waals surface area contributed by atoms with E-state index in [2.05, 4.69) is 31.3 Å². The first-order valence-electron chi connectivity index (χ1n) is 8.81. The average Bonchev–Trinajstić information content (AvgIpc) is 3.16. The molecule has 0 bridgehead atoms. The highest BCUT2D eigenvalue weighted by Crippen LogP contribution is 2.42. The standard InChI is InChI=1S/C20H22N2O2S/c1-13(2)15-7-5-14(6-8-15)12-22-18(23)20(21-19(22)24)10-3-4-17-16(20)9-11-25-17/h5-9,11,13H,3-4,10,12H2,1-2H3,(H,21,24). The van der Waals surface area contributed by atoms with Gasteiger partial charge in [-0.05, 0) is 47.8 Å². The van der Waals surface area contributed by atoms with Crippen LogP contribution in [0.2, 0.25) is 0 Å². The summed E-state index contributed by atoms with van der Waals surface area (Å²) in [5, 5.41) is 5.02. The van der Waals surface area contributed by atoms with Gasteiger partial charge in [0.05, 0.1) is 6.54 Å². The van der Waals surface area contributed by atoms with Gasteiger partial charge in [-0.25, -0.2) is 4.79 Å². The monoisotopic (exact) mass is 354 g/mol. The summed E-state index contributed by atoms with van der Waals surface area (Å²) in [7, 11) is 0. The minimum atomic E-state index is -0.845. The van der Waals surface area contributed by atoms with E-state index in [9.17, 15) is 9.59 Å². The lowest BCUT2D eigenvalue weighted by Gasteiger charge is -2.31. The molecule has 3 amide bonds. The Bertz CT molecular complexity index is 824. The Morgan fingerprint density at radius 2 is 1.96 bits per heavy atom. The van der Waals surface area contributed by atoms with Crippen molar-refractivity contribution in [2.45, 2.75) is 51.1 Å². The smallest absolute Gasteiger partial charge is 0.319 e. The molecule has 1 aromatic heterocycles. The number of fused-ring (bicyclic) bond motifs is 2. The molecular formula is C20H22N2O2S. The highest BCUT2D eigenvalue weighted by Gasteiger charge is 2.54. The zero-order chi connectivity index (χ0) is 17.6. The molecule has 130 valence electrons. The van der Waals surface area contributed by atoms with Crippen molar-refractivity contribution in [3.63, 3.8) is 0 Å². The molecule has 1 fully saturated rings. The van der Waals surface area contributed by atoms with Gasteiger partial charge in [0.25, 0.3) is 5.91 Å². The first-order chi connectivity index (χ1) is 12.0. The van der Waals surface area contributed by atoms with Crippen molar-refractivity contribution in [3.8, 4) is 0 Å². The van der Waals surface area contributed by atoms with Crippen LogP contribution in [-0.4, -0.2) is 16.8 Å². The summed E-state index contributed by atoms with van der Waals surface area (Å²) >= 11 is 1.68. The number of carbonyl (C=O) groups excluding carboxylic acids is 2. The Morgan fingerprint density at radius 1 is 1.20 bits per heavy atom. The molecule has 2 aromatic rings. The molecular weight excluding hydrogens is 332 g/mol. The zero-order valence-electron chi connectivity index (χ0n) is 14.5. The maximum Gasteiger partial charge on any atom is 0.325 e. The third-order valence-electron chi connectivity index (χ3n) is 5.32. The minimum absolute atomic E-state index is 0.107. The molecule has 1 aromatic carbocycles. The van der Waals surface area contributed by atoms with Crippen LogP contribution in [0.3, 0.4) is 0 Å². The molecule has 1 spiro atoms. The molecule has 1 N–H and O–H groups in total. The van der Waals surface area contributed by atoms with Crippen molar-refractivity contribution in [1.82, 2.24) is 10.2 Å². The first-order valence-corrected chi connectivity index (χ1v) is 9.69. The summed E-state index contributed by atoms with van der Waals surface area (Å²) in [5.41, 5.74) is 2.39. The van der Waals surface area contributed by atoms with Gasteiger partial charge in [0, 0.05) is 10.4 Å². The van der Waals surface area contributed by atoms with Gasteiger partial charge in [-0.15, -0.1) is 11.3 Å². The summed E-state index contributed by atoms with van der Waals surface area (Å²) in [5.74, 6) is 0.359. The SMILES string of the molecule is CC(C)c1ccc(CN2C(=O)NC3(CCCc4sccc43)C2=O)cc1. The molecule has 1 unspecified atom stereocenters. The molecule has 0 radical (unpaired) electrons. The molecule has 4 rings (SSSR count). The lowest BCUT2D eigenvalue weighted by atomic mass is 9.80. The van der Waals surface area contributed by atoms with E-state index in [1.807, 2.05) is 23.6 Å². The highest BCUT2D eigenvalue weighted by molar-refractivity contribution is 7.10. The fraction of sp³-hybridized carbons (Fsp3) is 0.400. The Balaban J connectivity index is 1.61. The van der Waals surface area contributed by atoms with Crippen LogP contribution in [0.15, 0.2) is 35.7 Å². The van der Waals surface area contributed by atoms with Crippen LogP contribution in [0.25, 0.3) is 0 Å². The number of carbonyl (C=O) groups is 2. The number of aryl methyl sites for hydroxylation is 1. The number of hydrogen-bond acceptors (Lipinski definition) is 3. The van der Waals surface area contributed by atoms with Crippen molar-refractivity contribution in [2.24, 2.45) is 0 Å². The second-order valence-electron chi connectivity index (χ2n) is 7.23. The maximum absolute atomic E-state index is 13.2. The molecule has 1 atom stereocenters. The van der Waals surface area contributed by atoms with E-state index < -0.39 is 5.54 Å². The van der Waals surface area contributed by atoms with E-state index in [4.69, 9.17) is 0 Å². The number of urea groups is 1. The molecule has 1 aliphatic heterocycles. The second kappa shape index (κ2) is 5.99. The quantitative estimate of drug-likeness (QED) is 0.842. The number of hydrogen-bond donors (Lipinski definition) is 1. The number of nitrogens with zero attached hydrogens (tertiary/aromatic N) is 1. The van der Waals surface area contributed by atoms with Crippen LogP contribution in [-0.2, 0) is 23.3 Å². The minimum Gasteiger partial charge on any atom is -0.319 e. The third-order valence-corrected chi connectivity index (χ3v) is 6.30. The van der Waals surface area contributed by atoms with Crippen molar-refractivity contribution in [2.75, 3.05) is 0 Å². The van der Waals surface area contributed by atoms with Gasteiger partial charge in [-0.2, -0.15) is 0 Å². The maximum atomic E-state index is 13.2. The molecule has 0 saturated carbocycles. The molecule has 25 heavy (non-hydrogen) atoms. The van der Waals surface area contributed by atoms with E-state index >= 15 is 0 Å². The molecule has 5 heteroatoms. The Kier molecular flexibility index (Phi) is 3.91. The summed E-state index contributed by atoms with van der Waals surface area (Å²) in [6.07, 6.45) is 2.61. The van der Waals surface area contributed by atoms with Crippen molar-refractivity contribution >= 4 is 23.3 Å². The van der Waals surface area contributed by atoms with Crippen molar-refractivity contribution < 1.29 is 9.59 Å². The Labute approximate surface area is 151 Å². The van der Waals surface area contributed by atoms with Crippen LogP contribution in [0, 0.1) is 0 Å². The second-order valence-corrected chi connectivity index (χ2v) is 8.23. The van der Waals surface area contributed by atoms with Gasteiger partial charge in [-0.3, -0.25) is 9.69 Å². The number of rotatable bonds is 3. The first kappa shape index (κ1) is 16.3. The Hall–Kier alpha value is -2.14. The van der Waals surface area contributed by atoms with Crippen LogP contribution >= 0.6 is 11.3 Å². The fourth-order valence-electron chi connectivity index (χ4n) is 3.88. The molecule has 2 aliphatic rings. The molecule has 1 saturated heterocycles. The van der Waals surface area contributed by atoms with E-state index in [1.165, 1.54) is 15.3 Å². The summed E-state index contributed by atoms with van der Waals surface area (Å²) < 4.78 is 0. The van der Waals surface area contributed by atoms with Crippen molar-refractivity contribution in [1.29, 1.82) is 0 Å². The molecule has 4 nitrogen and oxygen atoms in total. The van der Waals surface area contributed by atoms with Gasteiger partial charge in [0.2, 0.25) is 0 Å². The lowest BCUT2D eigenvalue weighted by molar-refractivity contribution is -0.132. The van der Waals surface area contributed by atoms with E-state index in [0.717, 1.165) is 24.0 Å². The van der Waals surface area contributed by atoms with E-state index in [1.54, 1.807) is 11.3 Å². The fourth-order valence-corrected chi connectivity index (χ4v) is 4.88. The van der Waals surface area contributed by atoms with Crippen molar-refractivity contribution in [3.05, 3.63) is 57.3 Å².